The van der Waals surface area contributed by atoms with Gasteiger partial charge in [-0.25, -0.2) is 4.98 Å². The van der Waals surface area contributed by atoms with Gasteiger partial charge in [0.2, 0.25) is 0 Å². The van der Waals surface area contributed by atoms with E-state index in [1.165, 1.54) is 6.20 Å². The van der Waals surface area contributed by atoms with Crippen molar-refractivity contribution in [1.82, 2.24) is 14.9 Å². The van der Waals surface area contributed by atoms with E-state index in [9.17, 15) is 4.79 Å². The Morgan fingerprint density at radius 3 is 2.63 bits per heavy atom. The van der Waals surface area contributed by atoms with E-state index in [1.54, 1.807) is 12.4 Å². The van der Waals surface area contributed by atoms with Gasteiger partial charge in [0.25, 0.3) is 5.91 Å². The summed E-state index contributed by atoms with van der Waals surface area (Å²) < 4.78 is 0. The van der Waals surface area contributed by atoms with E-state index in [4.69, 9.17) is 0 Å². The van der Waals surface area contributed by atoms with Crippen LogP contribution in [0.15, 0.2) is 48.9 Å². The van der Waals surface area contributed by atoms with Gasteiger partial charge in [-0.1, -0.05) is 30.3 Å². The topological polar surface area (TPSA) is 46.1 Å². The van der Waals surface area contributed by atoms with Crippen LogP contribution >= 0.6 is 0 Å². The molecule has 0 spiro atoms. The van der Waals surface area contributed by atoms with Gasteiger partial charge in [-0.3, -0.25) is 9.78 Å². The Kier molecular flexibility index (Phi) is 3.23. The average Bonchev–Trinajstić information content (AvgIpc) is 3.31. The summed E-state index contributed by atoms with van der Waals surface area (Å²) in [6.07, 6.45) is 6.83. The van der Waals surface area contributed by atoms with Crippen molar-refractivity contribution in [2.45, 2.75) is 25.4 Å². The first kappa shape index (κ1) is 11.8. The molecule has 1 saturated carbocycles. The Balaban J connectivity index is 1.80. The summed E-state index contributed by atoms with van der Waals surface area (Å²) >= 11 is 0. The second-order valence-corrected chi connectivity index (χ2v) is 4.74. The molecular weight excluding hydrogens is 238 g/mol. The van der Waals surface area contributed by atoms with Crippen molar-refractivity contribution in [3.05, 3.63) is 60.2 Å². The smallest absolute Gasteiger partial charge is 0.274 e. The lowest BCUT2D eigenvalue weighted by Gasteiger charge is -2.22. The van der Waals surface area contributed by atoms with Crippen molar-refractivity contribution < 1.29 is 4.79 Å². The largest absolute Gasteiger partial charge is 0.330 e. The highest BCUT2D eigenvalue weighted by Crippen LogP contribution is 2.29. The minimum Gasteiger partial charge on any atom is -0.330 e. The summed E-state index contributed by atoms with van der Waals surface area (Å²) in [4.78, 5) is 22.4. The van der Waals surface area contributed by atoms with Crippen LogP contribution in [0.25, 0.3) is 0 Å². The first-order valence-electron chi connectivity index (χ1n) is 6.45. The lowest BCUT2D eigenvalue weighted by Crippen LogP contribution is -2.33. The number of aromatic nitrogens is 2. The van der Waals surface area contributed by atoms with Gasteiger partial charge in [0.1, 0.15) is 5.69 Å². The monoisotopic (exact) mass is 253 g/mol. The molecule has 1 aromatic heterocycles. The lowest BCUT2D eigenvalue weighted by atomic mass is 10.2. The maximum atomic E-state index is 12.5. The number of amides is 1. The minimum atomic E-state index is -0.0283. The summed E-state index contributed by atoms with van der Waals surface area (Å²) in [7, 11) is 0. The molecular formula is C15H15N3O. The van der Waals surface area contributed by atoms with Crippen LogP contribution in [0.1, 0.15) is 28.9 Å². The van der Waals surface area contributed by atoms with E-state index in [1.807, 2.05) is 35.2 Å². The highest BCUT2D eigenvalue weighted by atomic mass is 16.2. The summed E-state index contributed by atoms with van der Waals surface area (Å²) in [5.41, 5.74) is 1.57. The van der Waals surface area contributed by atoms with Crippen molar-refractivity contribution >= 4 is 5.91 Å². The molecule has 2 aromatic rings. The van der Waals surface area contributed by atoms with Crippen LogP contribution in [-0.4, -0.2) is 26.8 Å². The Bertz CT molecular complexity index is 552. The van der Waals surface area contributed by atoms with Crippen LogP contribution in [0, 0.1) is 0 Å². The predicted molar refractivity (Wildman–Crippen MR) is 71.4 cm³/mol. The molecule has 19 heavy (non-hydrogen) atoms. The third kappa shape index (κ3) is 2.78. The number of carbonyl (C=O) groups excluding carboxylic acids is 1. The normalized spacial score (nSPS) is 14.1. The van der Waals surface area contributed by atoms with Gasteiger partial charge in [-0.2, -0.15) is 0 Å². The molecule has 0 bridgehead atoms. The van der Waals surface area contributed by atoms with E-state index in [0.717, 1.165) is 18.4 Å². The number of carbonyl (C=O) groups is 1. The van der Waals surface area contributed by atoms with Gasteiger partial charge >= 0.3 is 0 Å². The molecule has 0 radical (unpaired) electrons. The SMILES string of the molecule is O=C(c1cnccn1)N(Cc1ccccc1)C1CC1. The number of hydrogen-bond acceptors (Lipinski definition) is 3. The van der Waals surface area contributed by atoms with Crippen molar-refractivity contribution in [2.24, 2.45) is 0 Å². The molecule has 0 unspecified atom stereocenters. The van der Waals surface area contributed by atoms with Gasteiger partial charge in [0.15, 0.2) is 0 Å². The first-order chi connectivity index (χ1) is 9.34. The zero-order chi connectivity index (χ0) is 13.1. The standard InChI is InChI=1S/C15H15N3O/c19-15(14-10-16-8-9-17-14)18(13-6-7-13)11-12-4-2-1-3-5-12/h1-5,8-10,13H,6-7,11H2. The van der Waals surface area contributed by atoms with Crippen molar-refractivity contribution in [3.8, 4) is 0 Å². The molecule has 3 rings (SSSR count). The summed E-state index contributed by atoms with van der Waals surface area (Å²) in [6.45, 7) is 0.640. The third-order valence-electron chi connectivity index (χ3n) is 3.23. The highest BCUT2D eigenvalue weighted by molar-refractivity contribution is 5.92. The highest BCUT2D eigenvalue weighted by Gasteiger charge is 2.33. The molecule has 0 saturated heterocycles. The fourth-order valence-electron chi connectivity index (χ4n) is 2.09. The Morgan fingerprint density at radius 1 is 1.21 bits per heavy atom. The summed E-state index contributed by atoms with van der Waals surface area (Å²) in [5.74, 6) is -0.0283. The van der Waals surface area contributed by atoms with Crippen molar-refractivity contribution in [1.29, 1.82) is 0 Å². The predicted octanol–water partition coefficient (Wildman–Crippen LogP) is 2.28. The van der Waals surface area contributed by atoms with Crippen molar-refractivity contribution in [3.63, 3.8) is 0 Å². The van der Waals surface area contributed by atoms with E-state index >= 15 is 0 Å². The molecule has 4 nitrogen and oxygen atoms in total. The molecule has 0 atom stereocenters. The summed E-state index contributed by atoms with van der Waals surface area (Å²) in [6, 6.07) is 10.4. The zero-order valence-corrected chi connectivity index (χ0v) is 10.6. The van der Waals surface area contributed by atoms with Crippen LogP contribution in [0.3, 0.4) is 0 Å². The molecule has 0 N–H and O–H groups in total. The third-order valence-corrected chi connectivity index (χ3v) is 3.23. The molecule has 4 heteroatoms. The second kappa shape index (κ2) is 5.18. The van der Waals surface area contributed by atoms with Crippen LogP contribution in [0.2, 0.25) is 0 Å². The van der Waals surface area contributed by atoms with Crippen LogP contribution in [0.4, 0.5) is 0 Å². The van der Waals surface area contributed by atoms with Crippen LogP contribution in [0.5, 0.6) is 0 Å². The van der Waals surface area contributed by atoms with Gasteiger partial charge in [0, 0.05) is 25.0 Å². The summed E-state index contributed by atoms with van der Waals surface area (Å²) in [5, 5.41) is 0. The molecule has 1 fully saturated rings. The minimum absolute atomic E-state index is 0.0283. The van der Waals surface area contributed by atoms with Crippen LogP contribution < -0.4 is 0 Å². The Morgan fingerprint density at radius 2 is 2.00 bits per heavy atom. The van der Waals surface area contributed by atoms with Gasteiger partial charge in [-0.15, -0.1) is 0 Å². The molecule has 0 aliphatic heterocycles. The molecule has 1 aliphatic carbocycles. The number of nitrogens with zero attached hydrogens (tertiary/aromatic N) is 3. The number of hydrogen-bond donors (Lipinski definition) is 0. The number of rotatable bonds is 4. The molecule has 1 aromatic carbocycles. The second-order valence-electron chi connectivity index (χ2n) is 4.74. The average molecular weight is 253 g/mol. The van der Waals surface area contributed by atoms with Gasteiger partial charge in [0.05, 0.1) is 6.20 Å². The van der Waals surface area contributed by atoms with Crippen molar-refractivity contribution in [2.75, 3.05) is 0 Å². The first-order valence-corrected chi connectivity index (χ1v) is 6.45. The van der Waals surface area contributed by atoms with E-state index in [-0.39, 0.29) is 5.91 Å². The molecule has 1 heterocycles. The van der Waals surface area contributed by atoms with E-state index < -0.39 is 0 Å². The number of benzene rings is 1. The molecule has 1 aliphatic rings. The lowest BCUT2D eigenvalue weighted by molar-refractivity contribution is 0.0723. The fourth-order valence-corrected chi connectivity index (χ4v) is 2.09. The Hall–Kier alpha value is -2.23. The molecule has 1 amide bonds. The van der Waals surface area contributed by atoms with E-state index in [0.29, 0.717) is 18.3 Å². The quantitative estimate of drug-likeness (QED) is 0.839. The van der Waals surface area contributed by atoms with Gasteiger partial charge in [-0.05, 0) is 18.4 Å². The molecule has 96 valence electrons. The fraction of sp³-hybridized carbons (Fsp3) is 0.267. The van der Waals surface area contributed by atoms with Crippen LogP contribution in [-0.2, 0) is 6.54 Å². The maximum absolute atomic E-state index is 12.5. The van der Waals surface area contributed by atoms with Gasteiger partial charge < -0.3 is 4.90 Å². The maximum Gasteiger partial charge on any atom is 0.274 e. The zero-order valence-electron chi connectivity index (χ0n) is 10.6. The Labute approximate surface area is 112 Å². The van der Waals surface area contributed by atoms with E-state index in [2.05, 4.69) is 9.97 Å².